The molecule has 1 saturated carbocycles. The van der Waals surface area contributed by atoms with Crippen molar-refractivity contribution in [1.29, 1.82) is 0 Å². The van der Waals surface area contributed by atoms with Gasteiger partial charge >= 0.3 is 5.97 Å². The van der Waals surface area contributed by atoms with Gasteiger partial charge in [0.25, 0.3) is 0 Å². The van der Waals surface area contributed by atoms with Gasteiger partial charge < -0.3 is 9.47 Å². The van der Waals surface area contributed by atoms with E-state index in [1.807, 2.05) is 6.07 Å². The molecular formula is C19H19NO3. The zero-order valence-electron chi connectivity index (χ0n) is 13.4. The number of carbonyl (C=O) groups excluding carboxylic acids is 1. The van der Waals surface area contributed by atoms with Crippen molar-refractivity contribution in [3.8, 4) is 18.2 Å². The van der Waals surface area contributed by atoms with Crippen LogP contribution in [0, 0.1) is 12.3 Å². The quantitative estimate of drug-likeness (QED) is 0.638. The lowest BCUT2D eigenvalue weighted by Gasteiger charge is -2.27. The molecule has 118 valence electrons. The summed E-state index contributed by atoms with van der Waals surface area (Å²) in [5, 5.41) is 0.824. The highest BCUT2D eigenvalue weighted by atomic mass is 16.5. The fourth-order valence-electron chi connectivity index (χ4n) is 2.96. The van der Waals surface area contributed by atoms with Crippen LogP contribution in [0.3, 0.4) is 0 Å². The van der Waals surface area contributed by atoms with Crippen LogP contribution in [-0.4, -0.2) is 24.7 Å². The molecular weight excluding hydrogens is 290 g/mol. The minimum absolute atomic E-state index is 0.248. The van der Waals surface area contributed by atoms with E-state index in [1.165, 1.54) is 19.1 Å². The molecule has 23 heavy (non-hydrogen) atoms. The van der Waals surface area contributed by atoms with E-state index in [-0.39, 0.29) is 5.88 Å². The number of carbonyl (C=O) groups is 1. The molecule has 0 unspecified atom stereocenters. The van der Waals surface area contributed by atoms with Crippen LogP contribution in [0.15, 0.2) is 18.2 Å². The number of rotatable bonds is 4. The Morgan fingerprint density at radius 3 is 2.78 bits per heavy atom. The summed E-state index contributed by atoms with van der Waals surface area (Å²) >= 11 is 0. The first-order chi connectivity index (χ1) is 11.2. The number of fused-ring (bicyclic) bond motifs is 1. The van der Waals surface area contributed by atoms with Gasteiger partial charge in [-0.2, -0.15) is 0 Å². The van der Waals surface area contributed by atoms with Crippen molar-refractivity contribution < 1.29 is 14.3 Å². The molecule has 1 aromatic carbocycles. The molecule has 1 aliphatic rings. The van der Waals surface area contributed by atoms with Gasteiger partial charge in [-0.05, 0) is 37.3 Å². The van der Waals surface area contributed by atoms with Crippen molar-refractivity contribution in [2.45, 2.75) is 32.1 Å². The van der Waals surface area contributed by atoms with Crippen molar-refractivity contribution in [2.75, 3.05) is 13.7 Å². The molecule has 4 heteroatoms. The fraction of sp³-hybridized carbons (Fsp3) is 0.368. The van der Waals surface area contributed by atoms with Crippen LogP contribution in [0.25, 0.3) is 10.9 Å². The van der Waals surface area contributed by atoms with Gasteiger partial charge in [0.15, 0.2) is 0 Å². The summed E-state index contributed by atoms with van der Waals surface area (Å²) in [6, 6.07) is 5.77. The second-order valence-electron chi connectivity index (χ2n) is 5.64. The first-order valence-corrected chi connectivity index (χ1v) is 7.85. The molecule has 0 atom stereocenters. The lowest BCUT2D eigenvalue weighted by atomic mass is 9.78. The zero-order chi connectivity index (χ0) is 16.4. The number of methoxy groups -OCH3 is 1. The monoisotopic (exact) mass is 309 g/mol. The van der Waals surface area contributed by atoms with Gasteiger partial charge in [0.05, 0.1) is 24.8 Å². The maximum atomic E-state index is 12.1. The lowest BCUT2D eigenvalue weighted by molar-refractivity contribution is 0.0522. The Hall–Kier alpha value is -2.54. The molecule has 0 radical (unpaired) electrons. The van der Waals surface area contributed by atoms with E-state index < -0.39 is 5.97 Å². The van der Waals surface area contributed by atoms with E-state index in [1.54, 1.807) is 13.0 Å². The molecule has 4 nitrogen and oxygen atoms in total. The third kappa shape index (κ3) is 2.63. The number of hydrogen-bond acceptors (Lipinski definition) is 4. The van der Waals surface area contributed by atoms with E-state index in [0.717, 1.165) is 23.8 Å². The third-order valence-corrected chi connectivity index (χ3v) is 4.36. The Morgan fingerprint density at radius 2 is 2.22 bits per heavy atom. The topological polar surface area (TPSA) is 48.4 Å². The summed E-state index contributed by atoms with van der Waals surface area (Å²) in [7, 11) is 1.49. The van der Waals surface area contributed by atoms with Crippen molar-refractivity contribution >= 4 is 16.9 Å². The zero-order valence-corrected chi connectivity index (χ0v) is 13.4. The van der Waals surface area contributed by atoms with E-state index >= 15 is 0 Å². The van der Waals surface area contributed by atoms with E-state index in [0.29, 0.717) is 23.6 Å². The number of benzene rings is 1. The Bertz CT molecular complexity index is 800. The summed E-state index contributed by atoms with van der Waals surface area (Å²) in [4.78, 5) is 16.6. The molecule has 1 aliphatic carbocycles. The Kier molecular flexibility index (Phi) is 4.20. The van der Waals surface area contributed by atoms with Crippen LogP contribution in [0.5, 0.6) is 5.88 Å². The highest BCUT2D eigenvalue weighted by Crippen LogP contribution is 2.40. The number of terminal acetylenes is 1. The molecule has 2 aromatic rings. The minimum atomic E-state index is -0.441. The largest absolute Gasteiger partial charge is 0.480 e. The average molecular weight is 309 g/mol. The van der Waals surface area contributed by atoms with Gasteiger partial charge in [-0.15, -0.1) is 6.42 Å². The first kappa shape index (κ1) is 15.4. The second kappa shape index (κ2) is 6.29. The number of aromatic nitrogens is 1. The van der Waals surface area contributed by atoms with Gasteiger partial charge in [0, 0.05) is 5.39 Å². The maximum Gasteiger partial charge on any atom is 0.343 e. The summed E-state index contributed by atoms with van der Waals surface area (Å²) in [5.41, 5.74) is 3.01. The van der Waals surface area contributed by atoms with Gasteiger partial charge in [0.1, 0.15) is 5.56 Å². The SMILES string of the molecule is C#Cc1c(C2CCC2)ccc2cc(C(=O)OCC)c(OC)nc12. The van der Waals surface area contributed by atoms with Crippen molar-refractivity contribution in [1.82, 2.24) is 4.98 Å². The highest BCUT2D eigenvalue weighted by Gasteiger charge is 2.24. The molecule has 1 aromatic heterocycles. The summed E-state index contributed by atoms with van der Waals surface area (Å²) in [5.74, 6) is 3.10. The second-order valence-corrected chi connectivity index (χ2v) is 5.64. The molecule has 0 aliphatic heterocycles. The van der Waals surface area contributed by atoms with Gasteiger partial charge in [-0.3, -0.25) is 0 Å². The highest BCUT2D eigenvalue weighted by molar-refractivity contribution is 5.98. The molecule has 3 rings (SSSR count). The Balaban J connectivity index is 2.18. The number of esters is 1. The molecule has 0 bridgehead atoms. The Labute approximate surface area is 135 Å². The normalized spacial score (nSPS) is 14.1. The number of hydrogen-bond donors (Lipinski definition) is 0. The summed E-state index contributed by atoms with van der Waals surface area (Å²) in [6.07, 6.45) is 9.32. The van der Waals surface area contributed by atoms with Gasteiger partial charge in [-0.25, -0.2) is 9.78 Å². The summed E-state index contributed by atoms with van der Waals surface area (Å²) in [6.45, 7) is 2.07. The van der Waals surface area contributed by atoms with Crippen molar-refractivity contribution in [3.63, 3.8) is 0 Å². The third-order valence-electron chi connectivity index (χ3n) is 4.36. The lowest BCUT2D eigenvalue weighted by Crippen LogP contribution is -2.12. The van der Waals surface area contributed by atoms with Crippen LogP contribution in [0.1, 0.15) is 53.6 Å². The molecule has 1 fully saturated rings. The maximum absolute atomic E-state index is 12.1. The summed E-state index contributed by atoms with van der Waals surface area (Å²) < 4.78 is 10.3. The van der Waals surface area contributed by atoms with Crippen molar-refractivity contribution in [2.24, 2.45) is 0 Å². The van der Waals surface area contributed by atoms with Crippen LogP contribution in [-0.2, 0) is 4.74 Å². The van der Waals surface area contributed by atoms with Gasteiger partial charge in [0.2, 0.25) is 5.88 Å². The van der Waals surface area contributed by atoms with Crippen molar-refractivity contribution in [3.05, 3.63) is 34.9 Å². The molecule has 1 heterocycles. The number of nitrogens with zero attached hydrogens (tertiary/aromatic N) is 1. The predicted octanol–water partition coefficient (Wildman–Crippen LogP) is 3.67. The van der Waals surface area contributed by atoms with E-state index in [4.69, 9.17) is 15.9 Å². The number of pyridine rings is 1. The minimum Gasteiger partial charge on any atom is -0.480 e. The van der Waals surface area contributed by atoms with Gasteiger partial charge in [-0.1, -0.05) is 24.5 Å². The standard InChI is InChI=1S/C19H19NO3/c1-4-14-15(12-7-6-8-12)10-9-13-11-16(19(21)23-5-2)18(22-3)20-17(13)14/h1,9-12H,5-8H2,2-3H3. The fourth-order valence-corrected chi connectivity index (χ4v) is 2.96. The van der Waals surface area contributed by atoms with Crippen LogP contribution in [0.4, 0.5) is 0 Å². The molecule has 0 N–H and O–H groups in total. The number of ether oxygens (including phenoxy) is 2. The predicted molar refractivity (Wildman–Crippen MR) is 88.8 cm³/mol. The van der Waals surface area contributed by atoms with E-state index in [2.05, 4.69) is 17.0 Å². The first-order valence-electron chi connectivity index (χ1n) is 7.85. The molecule has 0 saturated heterocycles. The van der Waals surface area contributed by atoms with E-state index in [9.17, 15) is 4.79 Å². The molecule has 0 amide bonds. The van der Waals surface area contributed by atoms with Crippen LogP contribution < -0.4 is 4.74 Å². The Morgan fingerprint density at radius 1 is 1.43 bits per heavy atom. The average Bonchev–Trinajstić information content (AvgIpc) is 2.52. The van der Waals surface area contributed by atoms with Crippen LogP contribution in [0.2, 0.25) is 0 Å². The van der Waals surface area contributed by atoms with Crippen LogP contribution >= 0.6 is 0 Å². The molecule has 0 spiro atoms. The smallest absolute Gasteiger partial charge is 0.343 e.